The van der Waals surface area contributed by atoms with Crippen LogP contribution in [-0.2, 0) is 0 Å². The molecule has 24 heavy (non-hydrogen) atoms. The summed E-state index contributed by atoms with van der Waals surface area (Å²) < 4.78 is 1.37. The summed E-state index contributed by atoms with van der Waals surface area (Å²) in [5.41, 5.74) is 0.0645. The monoisotopic (exact) mass is 349 g/mol. The van der Waals surface area contributed by atoms with Crippen LogP contribution in [0, 0.1) is 18.3 Å². The Bertz CT molecular complexity index is 853. The van der Waals surface area contributed by atoms with Crippen molar-refractivity contribution in [2.45, 2.75) is 53.0 Å². The first-order valence-corrected chi connectivity index (χ1v) is 9.06. The molecule has 6 nitrogen and oxygen atoms in total. The molecule has 0 radical (unpaired) electrons. The number of hydrogen-bond donors (Lipinski definition) is 2. The van der Waals surface area contributed by atoms with Crippen molar-refractivity contribution in [2.24, 2.45) is 11.3 Å². The fourth-order valence-corrected chi connectivity index (χ4v) is 4.84. The summed E-state index contributed by atoms with van der Waals surface area (Å²) in [5, 5.41) is 14.8. The van der Waals surface area contributed by atoms with Crippen LogP contribution in [0.25, 0.3) is 4.96 Å². The van der Waals surface area contributed by atoms with E-state index in [1.165, 1.54) is 15.7 Å². The number of fused-ring (bicyclic) bond motifs is 1. The fraction of sp³-hybridized carbons (Fsp3) is 0.588. The minimum Gasteiger partial charge on any atom is -0.492 e. The number of nitrogens with zero attached hydrogens (tertiary/aromatic N) is 2. The Morgan fingerprint density at radius 3 is 2.83 bits per heavy atom. The van der Waals surface area contributed by atoms with Crippen LogP contribution in [0.5, 0.6) is 5.88 Å². The lowest BCUT2D eigenvalue weighted by molar-refractivity contribution is 0.0869. The molecule has 1 saturated carbocycles. The number of carbonyl (C=O) groups excluding carboxylic acids is 1. The van der Waals surface area contributed by atoms with E-state index >= 15 is 0 Å². The van der Waals surface area contributed by atoms with E-state index < -0.39 is 17.3 Å². The molecule has 1 aliphatic carbocycles. The topological polar surface area (TPSA) is 83.7 Å². The van der Waals surface area contributed by atoms with E-state index in [9.17, 15) is 14.7 Å². The van der Waals surface area contributed by atoms with Gasteiger partial charge in [-0.2, -0.15) is 4.98 Å². The first kappa shape index (κ1) is 17.0. The second-order valence-corrected chi connectivity index (χ2v) is 8.53. The van der Waals surface area contributed by atoms with Crippen molar-refractivity contribution in [2.75, 3.05) is 0 Å². The molecule has 1 amide bonds. The van der Waals surface area contributed by atoms with E-state index in [0.29, 0.717) is 16.6 Å². The van der Waals surface area contributed by atoms with E-state index in [1.54, 1.807) is 12.3 Å². The first-order chi connectivity index (χ1) is 11.2. The minimum absolute atomic E-state index is 0.000631. The van der Waals surface area contributed by atoms with Gasteiger partial charge in [0.1, 0.15) is 0 Å². The lowest BCUT2D eigenvalue weighted by Crippen LogP contribution is -2.44. The van der Waals surface area contributed by atoms with Gasteiger partial charge in [-0.25, -0.2) is 0 Å². The van der Waals surface area contributed by atoms with E-state index in [2.05, 4.69) is 31.1 Å². The van der Waals surface area contributed by atoms with Crippen LogP contribution >= 0.6 is 11.3 Å². The third-order valence-electron chi connectivity index (χ3n) is 4.67. The molecular weight excluding hydrogens is 326 g/mol. The Balaban J connectivity index is 1.92. The van der Waals surface area contributed by atoms with E-state index in [0.717, 1.165) is 19.3 Å². The zero-order valence-electron chi connectivity index (χ0n) is 14.4. The number of thiazole rings is 1. The van der Waals surface area contributed by atoms with Crippen molar-refractivity contribution >= 4 is 22.2 Å². The number of aromatic nitrogens is 2. The van der Waals surface area contributed by atoms with Crippen molar-refractivity contribution in [3.8, 4) is 5.88 Å². The Kier molecular flexibility index (Phi) is 4.15. The Morgan fingerprint density at radius 1 is 1.46 bits per heavy atom. The van der Waals surface area contributed by atoms with Gasteiger partial charge in [-0.1, -0.05) is 20.8 Å². The Labute approximate surface area is 144 Å². The third kappa shape index (κ3) is 3.05. The maximum absolute atomic E-state index is 12.6. The smallest absolute Gasteiger partial charge is 0.275 e. The summed E-state index contributed by atoms with van der Waals surface area (Å²) in [4.78, 5) is 29.6. The average Bonchev–Trinajstić information content (AvgIpc) is 2.77. The van der Waals surface area contributed by atoms with Crippen LogP contribution in [0.15, 0.2) is 10.2 Å². The molecule has 0 aromatic carbocycles. The molecule has 2 aromatic heterocycles. The molecule has 2 aromatic rings. The summed E-state index contributed by atoms with van der Waals surface area (Å²) in [6.07, 6.45) is 2.86. The van der Waals surface area contributed by atoms with Gasteiger partial charge < -0.3 is 10.4 Å². The number of carbonyl (C=O) groups is 1. The molecule has 0 aliphatic heterocycles. The molecule has 130 valence electrons. The number of rotatable bonds is 2. The molecule has 1 aliphatic rings. The van der Waals surface area contributed by atoms with Crippen molar-refractivity contribution in [1.29, 1.82) is 0 Å². The van der Waals surface area contributed by atoms with Crippen LogP contribution in [0.3, 0.4) is 0 Å². The average molecular weight is 349 g/mol. The lowest BCUT2D eigenvalue weighted by atomic mass is 9.70. The number of aryl methyl sites for hydroxylation is 1. The zero-order valence-corrected chi connectivity index (χ0v) is 15.2. The molecule has 3 rings (SSSR count). The van der Waals surface area contributed by atoms with Crippen molar-refractivity contribution in [3.63, 3.8) is 0 Å². The van der Waals surface area contributed by atoms with Gasteiger partial charge in [0.2, 0.25) is 5.88 Å². The van der Waals surface area contributed by atoms with Crippen LogP contribution in [0.4, 0.5) is 0 Å². The molecule has 2 N–H and O–H groups in total. The molecular formula is C17H23N3O3S. The second kappa shape index (κ2) is 5.88. The minimum atomic E-state index is -0.542. The molecule has 2 atom stereocenters. The number of aromatic hydroxyl groups is 1. The Hall–Kier alpha value is -1.89. The SMILES string of the molecule is Cc1csc2nc(O)c(C(=O)NC3CC(C)CC(C)(C)C3)c(=O)n12. The summed E-state index contributed by atoms with van der Waals surface area (Å²) in [6, 6.07) is -0.000631. The molecule has 2 unspecified atom stereocenters. The Morgan fingerprint density at radius 2 is 2.17 bits per heavy atom. The van der Waals surface area contributed by atoms with Gasteiger partial charge >= 0.3 is 0 Å². The summed E-state index contributed by atoms with van der Waals surface area (Å²) in [7, 11) is 0. The molecule has 0 saturated heterocycles. The predicted octanol–water partition coefficient (Wildman–Crippen LogP) is 2.71. The van der Waals surface area contributed by atoms with Gasteiger partial charge in [0, 0.05) is 17.1 Å². The van der Waals surface area contributed by atoms with Crippen molar-refractivity contribution in [3.05, 3.63) is 27.0 Å². The maximum atomic E-state index is 12.6. The zero-order chi connectivity index (χ0) is 17.6. The summed E-state index contributed by atoms with van der Waals surface area (Å²) in [6.45, 7) is 8.33. The highest BCUT2D eigenvalue weighted by Gasteiger charge is 2.33. The molecule has 0 spiro atoms. The standard InChI is InChI=1S/C17H23N3O3S/c1-9-5-11(7-17(3,4)6-9)18-13(21)12-14(22)19-16-20(15(12)23)10(2)8-24-16/h8-9,11,22H,5-7H2,1-4H3,(H,18,21). The normalized spacial score (nSPS) is 23.3. The van der Waals surface area contributed by atoms with Crippen LogP contribution in [0.2, 0.25) is 0 Å². The van der Waals surface area contributed by atoms with Crippen LogP contribution < -0.4 is 10.9 Å². The number of nitrogens with one attached hydrogen (secondary N) is 1. The summed E-state index contributed by atoms with van der Waals surface area (Å²) >= 11 is 1.26. The number of amides is 1. The van der Waals surface area contributed by atoms with Gasteiger partial charge in [-0.05, 0) is 37.5 Å². The maximum Gasteiger partial charge on any atom is 0.275 e. The first-order valence-electron chi connectivity index (χ1n) is 8.18. The van der Waals surface area contributed by atoms with Gasteiger partial charge in [0.25, 0.3) is 11.5 Å². The lowest BCUT2D eigenvalue weighted by Gasteiger charge is -2.39. The van der Waals surface area contributed by atoms with Gasteiger partial charge in [-0.3, -0.25) is 14.0 Å². The second-order valence-electron chi connectivity index (χ2n) is 7.69. The van der Waals surface area contributed by atoms with E-state index in [-0.39, 0.29) is 17.0 Å². The van der Waals surface area contributed by atoms with E-state index in [1.807, 2.05) is 0 Å². The van der Waals surface area contributed by atoms with E-state index in [4.69, 9.17) is 0 Å². The van der Waals surface area contributed by atoms with Gasteiger partial charge in [-0.15, -0.1) is 11.3 Å². The molecule has 2 heterocycles. The van der Waals surface area contributed by atoms with Crippen molar-refractivity contribution in [1.82, 2.24) is 14.7 Å². The summed E-state index contributed by atoms with van der Waals surface area (Å²) in [5.74, 6) is -0.532. The van der Waals surface area contributed by atoms with Crippen LogP contribution in [-0.4, -0.2) is 26.4 Å². The molecule has 7 heteroatoms. The quantitative estimate of drug-likeness (QED) is 0.873. The fourth-order valence-electron chi connectivity index (χ4n) is 3.98. The molecule has 1 fully saturated rings. The van der Waals surface area contributed by atoms with Gasteiger partial charge in [0.05, 0.1) is 0 Å². The highest BCUT2D eigenvalue weighted by molar-refractivity contribution is 7.15. The molecule has 0 bridgehead atoms. The van der Waals surface area contributed by atoms with Crippen LogP contribution in [0.1, 0.15) is 56.1 Å². The predicted molar refractivity (Wildman–Crippen MR) is 93.8 cm³/mol. The third-order valence-corrected chi connectivity index (χ3v) is 5.61. The largest absolute Gasteiger partial charge is 0.492 e. The highest BCUT2D eigenvalue weighted by atomic mass is 32.1. The highest BCUT2D eigenvalue weighted by Crippen LogP contribution is 2.38. The van der Waals surface area contributed by atoms with Gasteiger partial charge in [0.15, 0.2) is 10.5 Å². The van der Waals surface area contributed by atoms with Crippen molar-refractivity contribution < 1.29 is 9.90 Å². The number of hydrogen-bond acceptors (Lipinski definition) is 5.